The molecule has 0 aliphatic carbocycles. The number of aryl methyl sites for hydroxylation is 1. The van der Waals surface area contributed by atoms with Crippen LogP contribution in [0.4, 0.5) is 0 Å². The van der Waals surface area contributed by atoms with E-state index in [0.717, 1.165) is 30.4 Å². The normalized spacial score (nSPS) is 16.3. The van der Waals surface area contributed by atoms with Crippen molar-refractivity contribution in [3.05, 3.63) is 30.1 Å². The minimum atomic E-state index is 0. The Bertz CT molecular complexity index is 733. The number of rotatable bonds is 6. The third-order valence-corrected chi connectivity index (χ3v) is 5.17. The molecule has 0 atom stereocenters. The van der Waals surface area contributed by atoms with Gasteiger partial charge in [-0.3, -0.25) is 4.99 Å². The van der Waals surface area contributed by atoms with Gasteiger partial charge in [0.25, 0.3) is 0 Å². The summed E-state index contributed by atoms with van der Waals surface area (Å²) in [5, 5.41) is 7.05. The van der Waals surface area contributed by atoms with Gasteiger partial charge in [-0.05, 0) is 44.9 Å². The third-order valence-electron chi connectivity index (χ3n) is 5.17. The Morgan fingerprint density at radius 2 is 1.96 bits per heavy atom. The first-order valence-electron chi connectivity index (χ1n) is 9.82. The number of hydrogen-bond donors (Lipinski definition) is 2. The number of benzene rings is 1. The molecule has 1 aliphatic heterocycles. The quantitative estimate of drug-likeness (QED) is 0.376. The Hall–Kier alpha value is -1.35. The van der Waals surface area contributed by atoms with Gasteiger partial charge in [0.15, 0.2) is 5.96 Å². The number of aliphatic imine (C=N–C) groups is 1. The number of imidazole rings is 1. The second-order valence-electron chi connectivity index (χ2n) is 7.06. The summed E-state index contributed by atoms with van der Waals surface area (Å²) in [6.07, 6.45) is 3.61. The fourth-order valence-electron chi connectivity index (χ4n) is 3.77. The zero-order chi connectivity index (χ0) is 18.4. The summed E-state index contributed by atoms with van der Waals surface area (Å²) >= 11 is 0. The molecule has 2 N–H and O–H groups in total. The molecule has 1 aromatic carbocycles. The lowest BCUT2D eigenvalue weighted by molar-refractivity contribution is 0.206. The average molecular weight is 484 g/mol. The van der Waals surface area contributed by atoms with Crippen molar-refractivity contribution < 1.29 is 0 Å². The highest BCUT2D eigenvalue weighted by molar-refractivity contribution is 14.0. The highest BCUT2D eigenvalue weighted by Gasteiger charge is 2.19. The number of fused-ring (bicyclic) bond motifs is 1. The number of aromatic nitrogens is 2. The van der Waals surface area contributed by atoms with Crippen LogP contribution in [0.25, 0.3) is 11.0 Å². The third kappa shape index (κ3) is 5.81. The van der Waals surface area contributed by atoms with Crippen LogP contribution in [-0.4, -0.2) is 59.7 Å². The maximum absolute atomic E-state index is 4.63. The summed E-state index contributed by atoms with van der Waals surface area (Å²) in [5.41, 5.74) is 2.25. The van der Waals surface area contributed by atoms with Gasteiger partial charge in [-0.15, -0.1) is 24.0 Å². The van der Waals surface area contributed by atoms with Crippen LogP contribution in [0.15, 0.2) is 29.3 Å². The molecule has 1 saturated heterocycles. The number of hydrogen-bond acceptors (Lipinski definition) is 3. The Labute approximate surface area is 179 Å². The standard InChI is InChI=1S/C20H32N6.HI/c1-4-12-25-13-9-17(10-14-25)24-20(21-3)22-11-15-26-16(2)23-18-7-5-6-8-19(18)26;/h5-8,17H,4,9-15H2,1-3H3,(H2,21,22,24);1H. The summed E-state index contributed by atoms with van der Waals surface area (Å²) in [6.45, 7) is 9.61. The summed E-state index contributed by atoms with van der Waals surface area (Å²) in [7, 11) is 1.85. The lowest BCUT2D eigenvalue weighted by atomic mass is 10.1. The van der Waals surface area contributed by atoms with Crippen LogP contribution >= 0.6 is 24.0 Å². The van der Waals surface area contributed by atoms with Crippen molar-refractivity contribution in [3.63, 3.8) is 0 Å². The van der Waals surface area contributed by atoms with Gasteiger partial charge in [-0.2, -0.15) is 0 Å². The predicted octanol–water partition coefficient (Wildman–Crippen LogP) is 3.00. The highest BCUT2D eigenvalue weighted by atomic mass is 127. The maximum Gasteiger partial charge on any atom is 0.191 e. The molecule has 7 heteroatoms. The van der Waals surface area contributed by atoms with Crippen LogP contribution < -0.4 is 10.6 Å². The molecule has 0 bridgehead atoms. The fraction of sp³-hybridized carbons (Fsp3) is 0.600. The molecule has 0 amide bonds. The number of likely N-dealkylation sites (tertiary alicyclic amines) is 1. The fourth-order valence-corrected chi connectivity index (χ4v) is 3.77. The molecule has 27 heavy (non-hydrogen) atoms. The van der Waals surface area contributed by atoms with Gasteiger partial charge in [0.05, 0.1) is 11.0 Å². The van der Waals surface area contributed by atoms with Crippen molar-refractivity contribution in [1.82, 2.24) is 25.1 Å². The van der Waals surface area contributed by atoms with Crippen LogP contribution in [0.5, 0.6) is 0 Å². The van der Waals surface area contributed by atoms with E-state index < -0.39 is 0 Å². The minimum absolute atomic E-state index is 0. The van der Waals surface area contributed by atoms with Crippen LogP contribution in [0.1, 0.15) is 32.0 Å². The van der Waals surface area contributed by atoms with Crippen LogP contribution in [-0.2, 0) is 6.54 Å². The van der Waals surface area contributed by atoms with E-state index in [4.69, 9.17) is 0 Å². The number of nitrogens with zero attached hydrogens (tertiary/aromatic N) is 4. The highest BCUT2D eigenvalue weighted by Crippen LogP contribution is 2.15. The zero-order valence-corrected chi connectivity index (χ0v) is 19.1. The topological polar surface area (TPSA) is 57.5 Å². The second kappa shape index (κ2) is 10.8. The molecule has 2 aromatic rings. The smallest absolute Gasteiger partial charge is 0.191 e. The molecule has 0 radical (unpaired) electrons. The monoisotopic (exact) mass is 484 g/mol. The Balaban J connectivity index is 0.00000261. The second-order valence-corrected chi connectivity index (χ2v) is 7.06. The van der Waals surface area contributed by atoms with Crippen LogP contribution in [0.3, 0.4) is 0 Å². The van der Waals surface area contributed by atoms with Crippen molar-refractivity contribution >= 4 is 41.0 Å². The number of halogens is 1. The lowest BCUT2D eigenvalue weighted by Gasteiger charge is -2.32. The van der Waals surface area contributed by atoms with E-state index in [1.54, 1.807) is 0 Å². The number of nitrogens with one attached hydrogen (secondary N) is 2. The number of piperidine rings is 1. The molecule has 6 nitrogen and oxygen atoms in total. The van der Waals surface area contributed by atoms with Crippen molar-refractivity contribution in [1.29, 1.82) is 0 Å². The first kappa shape index (κ1) is 21.9. The van der Waals surface area contributed by atoms with E-state index >= 15 is 0 Å². The number of guanidine groups is 1. The molecule has 3 rings (SSSR count). The Morgan fingerprint density at radius 3 is 2.67 bits per heavy atom. The van der Waals surface area contributed by atoms with Gasteiger partial charge in [0, 0.05) is 39.3 Å². The van der Waals surface area contributed by atoms with Gasteiger partial charge in [0.1, 0.15) is 5.82 Å². The van der Waals surface area contributed by atoms with Gasteiger partial charge in [-0.1, -0.05) is 19.1 Å². The van der Waals surface area contributed by atoms with Crippen molar-refractivity contribution in [2.45, 2.75) is 45.7 Å². The summed E-state index contributed by atoms with van der Waals surface area (Å²) in [6, 6.07) is 8.82. The lowest BCUT2D eigenvalue weighted by Crippen LogP contribution is -2.49. The van der Waals surface area contributed by atoms with E-state index in [-0.39, 0.29) is 24.0 Å². The van der Waals surface area contributed by atoms with E-state index in [0.29, 0.717) is 6.04 Å². The summed E-state index contributed by atoms with van der Waals surface area (Å²) in [5.74, 6) is 1.96. The van der Waals surface area contributed by atoms with Crippen LogP contribution in [0, 0.1) is 6.92 Å². The predicted molar refractivity (Wildman–Crippen MR) is 124 cm³/mol. The SMILES string of the molecule is CCCN1CCC(NC(=NC)NCCn2c(C)nc3ccccc32)CC1.I. The zero-order valence-electron chi connectivity index (χ0n) is 16.7. The Kier molecular flexibility index (Phi) is 8.82. The van der Waals surface area contributed by atoms with Crippen LogP contribution in [0.2, 0.25) is 0 Å². The molecule has 1 aliphatic rings. The molecule has 150 valence electrons. The molecule has 0 saturated carbocycles. The average Bonchev–Trinajstić information content (AvgIpc) is 2.98. The molecular formula is C20H33IN6. The van der Waals surface area contributed by atoms with E-state index in [1.807, 2.05) is 13.1 Å². The van der Waals surface area contributed by atoms with E-state index in [1.165, 1.54) is 44.4 Å². The van der Waals surface area contributed by atoms with E-state index in [9.17, 15) is 0 Å². The minimum Gasteiger partial charge on any atom is -0.355 e. The molecule has 1 fully saturated rings. The number of para-hydroxylation sites is 2. The molecular weight excluding hydrogens is 451 g/mol. The summed E-state index contributed by atoms with van der Waals surface area (Å²) in [4.78, 5) is 11.6. The van der Waals surface area contributed by atoms with Crippen molar-refractivity contribution in [2.75, 3.05) is 33.2 Å². The largest absolute Gasteiger partial charge is 0.355 e. The van der Waals surface area contributed by atoms with E-state index in [2.05, 4.69) is 62.1 Å². The molecule has 1 aromatic heterocycles. The van der Waals surface area contributed by atoms with Gasteiger partial charge in [0.2, 0.25) is 0 Å². The van der Waals surface area contributed by atoms with Gasteiger partial charge < -0.3 is 20.1 Å². The first-order valence-corrected chi connectivity index (χ1v) is 9.82. The first-order chi connectivity index (χ1) is 12.7. The maximum atomic E-state index is 4.63. The molecule has 0 spiro atoms. The Morgan fingerprint density at radius 1 is 1.22 bits per heavy atom. The van der Waals surface area contributed by atoms with Gasteiger partial charge in [-0.25, -0.2) is 4.98 Å². The van der Waals surface area contributed by atoms with Crippen molar-refractivity contribution in [3.8, 4) is 0 Å². The molecule has 0 unspecified atom stereocenters. The molecule has 2 heterocycles. The summed E-state index contributed by atoms with van der Waals surface area (Å²) < 4.78 is 2.26. The van der Waals surface area contributed by atoms with Gasteiger partial charge >= 0.3 is 0 Å². The van der Waals surface area contributed by atoms with Crippen molar-refractivity contribution in [2.24, 2.45) is 4.99 Å².